The number of aromatic nitrogens is 2. The second-order valence-electron chi connectivity index (χ2n) is 3.57. The summed E-state index contributed by atoms with van der Waals surface area (Å²) in [7, 11) is 1.59. The van der Waals surface area contributed by atoms with Crippen molar-refractivity contribution in [3.63, 3.8) is 0 Å². The number of hydrogen-bond acceptors (Lipinski definition) is 4. The summed E-state index contributed by atoms with van der Waals surface area (Å²) < 4.78 is 11.9. The Morgan fingerprint density at radius 3 is 3.12 bits per heavy atom. The molecule has 17 heavy (non-hydrogen) atoms. The largest absolute Gasteiger partial charge is 0.480 e. The number of carbonyl (C=O) groups excluding carboxylic acids is 1. The summed E-state index contributed by atoms with van der Waals surface area (Å²) in [5, 5.41) is 6.77. The average molecular weight is 241 g/mol. The summed E-state index contributed by atoms with van der Waals surface area (Å²) in [6.07, 6.45) is 4.41. The molecule has 1 N–H and O–H groups in total. The van der Waals surface area contributed by atoms with Crippen molar-refractivity contribution in [1.29, 1.82) is 0 Å². The summed E-state index contributed by atoms with van der Waals surface area (Å²) in [5.41, 5.74) is 0. The van der Waals surface area contributed by atoms with Crippen LogP contribution in [0.15, 0.2) is 12.4 Å². The first-order valence-corrected chi connectivity index (χ1v) is 5.67. The molecule has 0 atom stereocenters. The second kappa shape index (κ2) is 7.67. The van der Waals surface area contributed by atoms with Gasteiger partial charge in [-0.05, 0) is 6.42 Å². The van der Waals surface area contributed by atoms with Gasteiger partial charge in [0.05, 0.1) is 19.0 Å². The lowest BCUT2D eigenvalue weighted by molar-refractivity contribution is -0.123. The zero-order valence-electron chi connectivity index (χ0n) is 10.3. The first-order valence-electron chi connectivity index (χ1n) is 5.67. The van der Waals surface area contributed by atoms with Gasteiger partial charge in [0.2, 0.25) is 0 Å². The van der Waals surface area contributed by atoms with Gasteiger partial charge < -0.3 is 14.8 Å². The molecule has 0 saturated carbocycles. The Labute approximate surface area is 101 Å². The first kappa shape index (κ1) is 13.5. The fourth-order valence-electron chi connectivity index (χ4n) is 1.26. The number of carbonyl (C=O) groups is 1. The second-order valence-corrected chi connectivity index (χ2v) is 3.57. The predicted molar refractivity (Wildman–Crippen MR) is 62.9 cm³/mol. The van der Waals surface area contributed by atoms with Crippen molar-refractivity contribution >= 4 is 5.91 Å². The van der Waals surface area contributed by atoms with Gasteiger partial charge in [0.15, 0.2) is 12.4 Å². The van der Waals surface area contributed by atoms with Crippen molar-refractivity contribution in [2.75, 3.05) is 26.9 Å². The van der Waals surface area contributed by atoms with Crippen molar-refractivity contribution in [2.24, 2.45) is 0 Å². The van der Waals surface area contributed by atoms with Crippen LogP contribution in [0, 0.1) is 0 Å². The minimum Gasteiger partial charge on any atom is -0.480 e. The molecule has 0 aliphatic rings. The summed E-state index contributed by atoms with van der Waals surface area (Å²) in [6.45, 7) is 3.92. The molecule has 1 amide bonds. The highest BCUT2D eigenvalue weighted by molar-refractivity contribution is 5.77. The minimum atomic E-state index is -0.162. The number of aryl methyl sites for hydroxylation is 1. The van der Waals surface area contributed by atoms with Crippen molar-refractivity contribution < 1.29 is 14.3 Å². The average Bonchev–Trinajstić information content (AvgIpc) is 2.75. The van der Waals surface area contributed by atoms with Crippen LogP contribution in [0.5, 0.6) is 5.75 Å². The summed E-state index contributed by atoms with van der Waals surface area (Å²) in [6, 6.07) is 0. The molecular weight excluding hydrogens is 222 g/mol. The maximum Gasteiger partial charge on any atom is 0.258 e. The molecule has 1 heterocycles. The molecule has 0 unspecified atom stereocenters. The molecule has 0 fully saturated rings. The smallest absolute Gasteiger partial charge is 0.258 e. The maximum absolute atomic E-state index is 11.3. The number of hydrogen-bond donors (Lipinski definition) is 1. The van der Waals surface area contributed by atoms with E-state index in [2.05, 4.69) is 17.3 Å². The third kappa shape index (κ3) is 5.35. The fourth-order valence-corrected chi connectivity index (χ4v) is 1.26. The monoisotopic (exact) mass is 241 g/mol. The lowest BCUT2D eigenvalue weighted by atomic mass is 10.5. The highest BCUT2D eigenvalue weighted by Crippen LogP contribution is 2.07. The lowest BCUT2D eigenvalue weighted by Gasteiger charge is -2.04. The predicted octanol–water partition coefficient (Wildman–Crippen LogP) is 0.434. The Morgan fingerprint density at radius 2 is 2.41 bits per heavy atom. The molecule has 0 bridgehead atoms. The first-order chi connectivity index (χ1) is 8.26. The van der Waals surface area contributed by atoms with Crippen LogP contribution in [0.25, 0.3) is 0 Å². The third-order valence-electron chi connectivity index (χ3n) is 2.06. The quantitative estimate of drug-likeness (QED) is 0.670. The summed E-state index contributed by atoms with van der Waals surface area (Å²) in [4.78, 5) is 11.3. The Morgan fingerprint density at radius 1 is 1.59 bits per heavy atom. The molecule has 0 radical (unpaired) electrons. The van der Waals surface area contributed by atoms with Crippen LogP contribution in [-0.2, 0) is 16.1 Å². The van der Waals surface area contributed by atoms with Crippen LogP contribution in [0.4, 0.5) is 0 Å². The van der Waals surface area contributed by atoms with E-state index in [0.717, 1.165) is 13.0 Å². The van der Waals surface area contributed by atoms with Crippen molar-refractivity contribution in [3.05, 3.63) is 12.4 Å². The van der Waals surface area contributed by atoms with Gasteiger partial charge in [0, 0.05) is 20.2 Å². The van der Waals surface area contributed by atoms with E-state index in [-0.39, 0.29) is 12.5 Å². The Bertz CT molecular complexity index is 338. The Hall–Kier alpha value is -1.56. The maximum atomic E-state index is 11.3. The van der Waals surface area contributed by atoms with Gasteiger partial charge in [-0.1, -0.05) is 6.92 Å². The zero-order valence-corrected chi connectivity index (χ0v) is 10.3. The van der Waals surface area contributed by atoms with E-state index < -0.39 is 0 Å². The molecular formula is C11H19N3O3. The van der Waals surface area contributed by atoms with Gasteiger partial charge in [0.25, 0.3) is 5.91 Å². The molecule has 0 aliphatic carbocycles. The van der Waals surface area contributed by atoms with Crippen LogP contribution < -0.4 is 10.1 Å². The van der Waals surface area contributed by atoms with Crippen molar-refractivity contribution in [3.8, 4) is 5.75 Å². The van der Waals surface area contributed by atoms with Crippen molar-refractivity contribution in [2.45, 2.75) is 19.9 Å². The number of rotatable bonds is 8. The van der Waals surface area contributed by atoms with E-state index >= 15 is 0 Å². The number of nitrogens with zero attached hydrogens (tertiary/aromatic N) is 2. The van der Waals surface area contributed by atoms with Gasteiger partial charge >= 0.3 is 0 Å². The van der Waals surface area contributed by atoms with Gasteiger partial charge in [-0.2, -0.15) is 5.10 Å². The fraction of sp³-hybridized carbons (Fsp3) is 0.636. The molecule has 1 aromatic rings. The van der Waals surface area contributed by atoms with Gasteiger partial charge in [0.1, 0.15) is 0 Å². The van der Waals surface area contributed by atoms with E-state index in [1.807, 2.05) is 0 Å². The normalized spacial score (nSPS) is 10.2. The molecule has 0 aliphatic heterocycles. The van der Waals surface area contributed by atoms with Crippen LogP contribution >= 0.6 is 0 Å². The molecule has 96 valence electrons. The third-order valence-corrected chi connectivity index (χ3v) is 2.06. The van der Waals surface area contributed by atoms with E-state index in [1.165, 1.54) is 0 Å². The van der Waals surface area contributed by atoms with E-state index in [0.29, 0.717) is 18.9 Å². The van der Waals surface area contributed by atoms with Crippen molar-refractivity contribution in [1.82, 2.24) is 15.1 Å². The lowest BCUT2D eigenvalue weighted by Crippen LogP contribution is -2.31. The Balaban J connectivity index is 2.22. The van der Waals surface area contributed by atoms with Crippen LogP contribution in [0.3, 0.4) is 0 Å². The molecule has 0 aromatic carbocycles. The van der Waals surface area contributed by atoms with Gasteiger partial charge in [-0.25, -0.2) is 0 Å². The van der Waals surface area contributed by atoms with Crippen LogP contribution in [-0.4, -0.2) is 42.6 Å². The van der Waals surface area contributed by atoms with E-state index in [4.69, 9.17) is 9.47 Å². The van der Waals surface area contributed by atoms with E-state index in [1.54, 1.807) is 24.2 Å². The molecule has 6 nitrogen and oxygen atoms in total. The molecule has 0 saturated heterocycles. The van der Waals surface area contributed by atoms with E-state index in [9.17, 15) is 4.79 Å². The number of methoxy groups -OCH3 is 1. The summed E-state index contributed by atoms with van der Waals surface area (Å²) in [5.74, 6) is 0.450. The van der Waals surface area contributed by atoms with Crippen LogP contribution in [0.2, 0.25) is 0 Å². The highest BCUT2D eigenvalue weighted by atomic mass is 16.5. The van der Waals surface area contributed by atoms with Gasteiger partial charge in [-0.3, -0.25) is 9.48 Å². The zero-order chi connectivity index (χ0) is 12.5. The Kier molecular flexibility index (Phi) is 6.09. The van der Waals surface area contributed by atoms with Crippen LogP contribution in [0.1, 0.15) is 13.3 Å². The molecule has 1 aromatic heterocycles. The molecule has 6 heteroatoms. The summed E-state index contributed by atoms with van der Waals surface area (Å²) >= 11 is 0. The SMILES string of the molecule is CCCn1cc(OCC(=O)NCCOC)cn1. The number of ether oxygens (including phenoxy) is 2. The number of amides is 1. The molecule has 0 spiro atoms. The minimum absolute atomic E-state index is 0.00152. The molecule has 1 rings (SSSR count). The standard InChI is InChI=1S/C11H19N3O3/c1-3-5-14-8-10(7-13-14)17-9-11(15)12-4-6-16-2/h7-8H,3-6,9H2,1-2H3,(H,12,15). The number of nitrogens with one attached hydrogen (secondary N) is 1. The topological polar surface area (TPSA) is 65.4 Å². The van der Waals surface area contributed by atoms with Gasteiger partial charge in [-0.15, -0.1) is 0 Å². The highest BCUT2D eigenvalue weighted by Gasteiger charge is 2.03.